The fraction of sp³-hybridized carbons (Fsp3) is 0.974. The Balaban J connectivity index is 1.03. The quantitative estimate of drug-likeness (QED) is 0.242. The van der Waals surface area contributed by atoms with E-state index >= 15 is 0 Å². The molecule has 46 heavy (non-hydrogen) atoms. The Labute approximate surface area is 277 Å². The lowest BCUT2D eigenvalue weighted by Gasteiger charge is -2.60. The zero-order valence-corrected chi connectivity index (χ0v) is 29.9. The van der Waals surface area contributed by atoms with E-state index in [4.69, 9.17) is 23.7 Å². The number of morpholine rings is 1. The number of hydrogen-bond acceptors (Lipinski definition) is 8. The number of aliphatic hydroxyl groups is 1. The number of nitrogens with zero attached hydrogens (tertiary/aromatic N) is 1. The van der Waals surface area contributed by atoms with Crippen molar-refractivity contribution in [3.8, 4) is 0 Å². The Morgan fingerprint density at radius 1 is 1.02 bits per heavy atom. The van der Waals surface area contributed by atoms with Crippen molar-refractivity contribution in [2.75, 3.05) is 39.5 Å². The summed E-state index contributed by atoms with van der Waals surface area (Å²) in [5.74, 6) is 2.39. The highest BCUT2D eigenvalue weighted by Crippen LogP contribution is 2.87. The maximum Gasteiger partial charge on any atom is 0.303 e. The molecule has 0 radical (unpaired) electrons. The number of rotatable bonds is 9. The topological polar surface area (TPSA) is 86.7 Å². The Kier molecular flexibility index (Phi) is 8.75. The first-order chi connectivity index (χ1) is 21.7. The fourth-order valence-corrected chi connectivity index (χ4v) is 13.0. The summed E-state index contributed by atoms with van der Waals surface area (Å²) >= 11 is 0. The molecule has 2 aliphatic heterocycles. The monoisotopic (exact) mass is 645 g/mol. The Morgan fingerprint density at radius 2 is 1.80 bits per heavy atom. The fourth-order valence-electron chi connectivity index (χ4n) is 13.0. The van der Waals surface area contributed by atoms with Crippen LogP contribution in [0.2, 0.25) is 0 Å². The molecule has 0 aromatic heterocycles. The van der Waals surface area contributed by atoms with Crippen molar-refractivity contribution in [1.82, 2.24) is 4.90 Å². The largest absolute Gasteiger partial charge is 0.457 e. The van der Waals surface area contributed by atoms with Gasteiger partial charge in [0, 0.05) is 33.2 Å². The highest BCUT2D eigenvalue weighted by Gasteiger charge is 2.80. The van der Waals surface area contributed by atoms with E-state index in [1.807, 2.05) is 0 Å². The SMILES string of the molecule is CCOCCN1CCOC(O[C@H]2CCC34CC35CCC3(C)C6CCC([C@H](OC(C)=O)C(C)(C)O)OC6CC3C5CCC4C2(C)C)C1. The summed E-state index contributed by atoms with van der Waals surface area (Å²) in [7, 11) is 0. The van der Waals surface area contributed by atoms with Crippen molar-refractivity contribution < 1.29 is 33.6 Å². The van der Waals surface area contributed by atoms with Gasteiger partial charge in [-0.1, -0.05) is 20.8 Å². The third-order valence-corrected chi connectivity index (χ3v) is 15.1. The molecular weight excluding hydrogens is 582 g/mol. The van der Waals surface area contributed by atoms with Gasteiger partial charge in [-0.2, -0.15) is 0 Å². The normalized spacial score (nSPS) is 47.0. The third-order valence-electron chi connectivity index (χ3n) is 15.1. The van der Waals surface area contributed by atoms with Gasteiger partial charge in [0.1, 0.15) is 0 Å². The van der Waals surface area contributed by atoms with E-state index in [2.05, 4.69) is 32.6 Å². The van der Waals surface area contributed by atoms with Crippen LogP contribution in [0.15, 0.2) is 0 Å². The average molecular weight is 646 g/mol. The van der Waals surface area contributed by atoms with Crippen molar-refractivity contribution in [1.29, 1.82) is 0 Å². The Morgan fingerprint density at radius 3 is 2.54 bits per heavy atom. The van der Waals surface area contributed by atoms with E-state index in [9.17, 15) is 9.90 Å². The lowest BCUT2D eigenvalue weighted by molar-refractivity contribution is -0.245. The lowest BCUT2D eigenvalue weighted by Crippen LogP contribution is -2.56. The van der Waals surface area contributed by atoms with E-state index in [0.29, 0.717) is 34.0 Å². The van der Waals surface area contributed by atoms with E-state index in [1.54, 1.807) is 13.8 Å². The van der Waals surface area contributed by atoms with Gasteiger partial charge < -0.3 is 28.8 Å². The van der Waals surface area contributed by atoms with Crippen LogP contribution >= 0.6 is 0 Å². The van der Waals surface area contributed by atoms with Gasteiger partial charge in [0.05, 0.1) is 37.1 Å². The molecule has 7 rings (SSSR count). The van der Waals surface area contributed by atoms with Crippen LogP contribution in [0, 0.1) is 45.3 Å². The standard InChI is InChI=1S/C38H63NO7/c1-8-42-19-17-39-18-20-43-32(22-39)46-31-13-14-38-23-37(38)16-15-36(7)26-9-11-28(33(35(5,6)41)44-24(2)40)45-29(26)21-27(36)25(37)10-12-30(38)34(31,3)4/h25-33,41H,8-23H2,1-7H3/t25?,26?,27?,28?,29?,30?,31-,32?,33-,36?,37?,38?/m0/s1. The second kappa shape index (κ2) is 11.9. The summed E-state index contributed by atoms with van der Waals surface area (Å²) in [4.78, 5) is 14.4. The molecule has 2 saturated heterocycles. The van der Waals surface area contributed by atoms with Crippen LogP contribution in [0.4, 0.5) is 0 Å². The van der Waals surface area contributed by atoms with Gasteiger partial charge in [0.25, 0.3) is 0 Å². The van der Waals surface area contributed by atoms with Crippen LogP contribution in [-0.2, 0) is 28.5 Å². The minimum absolute atomic E-state index is 0.132. The van der Waals surface area contributed by atoms with Gasteiger partial charge in [-0.15, -0.1) is 0 Å². The van der Waals surface area contributed by atoms with Gasteiger partial charge in [0.2, 0.25) is 0 Å². The zero-order chi connectivity index (χ0) is 32.7. The predicted molar refractivity (Wildman–Crippen MR) is 175 cm³/mol. The molecule has 2 spiro atoms. The molecule has 0 bridgehead atoms. The Hall–Kier alpha value is -0.770. The molecule has 7 fully saturated rings. The number of carbonyl (C=O) groups is 1. The number of hydrogen-bond donors (Lipinski definition) is 1. The Bertz CT molecular complexity index is 1140. The molecule has 0 amide bonds. The summed E-state index contributed by atoms with van der Waals surface area (Å²) in [5.41, 5.74) is 0.266. The first-order valence-electron chi connectivity index (χ1n) is 18.9. The van der Waals surface area contributed by atoms with Crippen LogP contribution in [0.3, 0.4) is 0 Å². The van der Waals surface area contributed by atoms with E-state index in [-0.39, 0.29) is 36.0 Å². The summed E-state index contributed by atoms with van der Waals surface area (Å²) in [6, 6.07) is 0. The van der Waals surface area contributed by atoms with Crippen LogP contribution in [0.25, 0.3) is 0 Å². The molecular formula is C38H63NO7. The van der Waals surface area contributed by atoms with Gasteiger partial charge in [0.15, 0.2) is 12.4 Å². The van der Waals surface area contributed by atoms with Gasteiger partial charge >= 0.3 is 5.97 Å². The second-order valence-corrected chi connectivity index (χ2v) is 17.9. The van der Waals surface area contributed by atoms with Crippen molar-refractivity contribution in [3.05, 3.63) is 0 Å². The molecule has 8 heteroatoms. The molecule has 7 aliphatic rings. The van der Waals surface area contributed by atoms with Crippen molar-refractivity contribution in [2.45, 2.75) is 149 Å². The van der Waals surface area contributed by atoms with Crippen LogP contribution in [0.5, 0.6) is 0 Å². The minimum Gasteiger partial charge on any atom is -0.457 e. The average Bonchev–Trinajstić information content (AvgIpc) is 3.57. The molecule has 5 saturated carbocycles. The molecule has 1 N–H and O–H groups in total. The first kappa shape index (κ1) is 33.7. The molecule has 262 valence electrons. The first-order valence-corrected chi connectivity index (χ1v) is 18.9. The van der Waals surface area contributed by atoms with E-state index < -0.39 is 11.7 Å². The van der Waals surface area contributed by atoms with Crippen LogP contribution in [0.1, 0.15) is 113 Å². The van der Waals surface area contributed by atoms with Gasteiger partial charge in [-0.25, -0.2) is 0 Å². The minimum atomic E-state index is -1.14. The molecule has 5 aliphatic carbocycles. The second-order valence-electron chi connectivity index (χ2n) is 17.9. The van der Waals surface area contributed by atoms with E-state index in [1.165, 1.54) is 45.4 Å². The molecule has 10 unspecified atom stereocenters. The summed E-state index contributed by atoms with van der Waals surface area (Å²) in [6.45, 7) is 19.6. The van der Waals surface area contributed by atoms with Crippen molar-refractivity contribution in [3.63, 3.8) is 0 Å². The van der Waals surface area contributed by atoms with Crippen LogP contribution in [-0.4, -0.2) is 91.7 Å². The van der Waals surface area contributed by atoms with Gasteiger partial charge in [-0.05, 0) is 130 Å². The number of ether oxygens (including phenoxy) is 5. The summed E-state index contributed by atoms with van der Waals surface area (Å²) in [5, 5.41) is 10.9. The van der Waals surface area contributed by atoms with Crippen LogP contribution < -0.4 is 0 Å². The molecule has 0 aromatic carbocycles. The molecule has 12 atom stereocenters. The lowest BCUT2D eigenvalue weighted by atomic mass is 9.46. The maximum atomic E-state index is 12.0. The summed E-state index contributed by atoms with van der Waals surface area (Å²) < 4.78 is 31.2. The van der Waals surface area contributed by atoms with E-state index in [0.717, 1.165) is 71.1 Å². The number of fused-ring (bicyclic) bond motifs is 4. The molecule has 8 nitrogen and oxygen atoms in total. The smallest absolute Gasteiger partial charge is 0.303 e. The summed E-state index contributed by atoms with van der Waals surface area (Å²) in [6.07, 6.45) is 11.7. The highest BCUT2D eigenvalue weighted by atomic mass is 16.7. The maximum absolute atomic E-state index is 12.0. The third kappa shape index (κ3) is 5.33. The number of carbonyl (C=O) groups excluding carboxylic acids is 1. The molecule has 0 aromatic rings. The zero-order valence-electron chi connectivity index (χ0n) is 29.9. The van der Waals surface area contributed by atoms with Gasteiger partial charge in [-0.3, -0.25) is 9.69 Å². The number of esters is 1. The highest BCUT2D eigenvalue weighted by molar-refractivity contribution is 5.66. The molecule has 2 heterocycles. The van der Waals surface area contributed by atoms with Crippen molar-refractivity contribution >= 4 is 5.97 Å². The van der Waals surface area contributed by atoms with Crippen molar-refractivity contribution in [2.24, 2.45) is 45.3 Å². The predicted octanol–water partition coefficient (Wildman–Crippen LogP) is 5.98.